The van der Waals surface area contributed by atoms with Crippen LogP contribution in [-0.2, 0) is 20.6 Å². The first kappa shape index (κ1) is 23.5. The van der Waals surface area contributed by atoms with E-state index < -0.39 is 30.1 Å². The van der Waals surface area contributed by atoms with Crippen molar-refractivity contribution in [3.05, 3.63) is 59.7 Å². The zero-order chi connectivity index (χ0) is 24.5. The molecule has 2 unspecified atom stereocenters. The number of carbonyl (C=O) groups excluding carboxylic acids is 4. The third-order valence-corrected chi connectivity index (χ3v) is 6.09. The minimum Gasteiger partial charge on any atom is -0.325 e. The predicted octanol–water partition coefficient (Wildman–Crippen LogP) is 4.07. The third-order valence-electron chi connectivity index (χ3n) is 6.09. The number of nitrogens with one attached hydrogen (secondary N) is 2. The number of hydrogen-bond donors (Lipinski definition) is 2. The van der Waals surface area contributed by atoms with E-state index in [9.17, 15) is 32.3 Å². The van der Waals surface area contributed by atoms with Gasteiger partial charge in [-0.1, -0.05) is 25.0 Å². The molecule has 2 aromatic rings. The van der Waals surface area contributed by atoms with Gasteiger partial charge in [0.05, 0.1) is 17.4 Å². The second-order valence-electron chi connectivity index (χ2n) is 8.42. The van der Waals surface area contributed by atoms with Crippen molar-refractivity contribution in [3.63, 3.8) is 0 Å². The SMILES string of the molecule is O=C(CN1C(=O)C2CCCCC2C1=O)Nc1cccc(C(=O)Nc2cccc(C(F)(F)F)c2)c1. The van der Waals surface area contributed by atoms with Gasteiger partial charge in [-0.3, -0.25) is 24.1 Å². The predicted molar refractivity (Wildman–Crippen MR) is 117 cm³/mol. The number of alkyl halides is 3. The van der Waals surface area contributed by atoms with E-state index in [1.807, 2.05) is 0 Å². The summed E-state index contributed by atoms with van der Waals surface area (Å²) < 4.78 is 38.7. The van der Waals surface area contributed by atoms with Crippen molar-refractivity contribution in [2.75, 3.05) is 17.2 Å². The lowest BCUT2D eigenvalue weighted by molar-refractivity contribution is -0.142. The number of likely N-dealkylation sites (tertiary alicyclic amines) is 1. The Morgan fingerprint density at radius 3 is 2.09 bits per heavy atom. The molecule has 0 spiro atoms. The van der Waals surface area contributed by atoms with Crippen LogP contribution in [0.3, 0.4) is 0 Å². The number of anilines is 2. The Hall–Kier alpha value is -3.69. The van der Waals surface area contributed by atoms with Crippen LogP contribution in [0.15, 0.2) is 48.5 Å². The molecule has 0 bridgehead atoms. The number of benzene rings is 2. The second kappa shape index (κ2) is 9.28. The molecule has 4 amide bonds. The molecule has 1 saturated carbocycles. The van der Waals surface area contributed by atoms with Crippen LogP contribution >= 0.6 is 0 Å². The zero-order valence-electron chi connectivity index (χ0n) is 18.0. The highest BCUT2D eigenvalue weighted by atomic mass is 19.4. The maximum atomic E-state index is 12.9. The first-order chi connectivity index (χ1) is 16.1. The van der Waals surface area contributed by atoms with E-state index in [2.05, 4.69) is 10.6 Å². The van der Waals surface area contributed by atoms with Crippen molar-refractivity contribution in [2.45, 2.75) is 31.9 Å². The van der Waals surface area contributed by atoms with E-state index in [1.54, 1.807) is 0 Å². The number of carbonyl (C=O) groups is 4. The van der Waals surface area contributed by atoms with E-state index in [1.165, 1.54) is 36.4 Å². The van der Waals surface area contributed by atoms with E-state index in [0.29, 0.717) is 12.8 Å². The summed E-state index contributed by atoms with van der Waals surface area (Å²) in [6.07, 6.45) is -1.47. The summed E-state index contributed by atoms with van der Waals surface area (Å²) in [6, 6.07) is 10.1. The fraction of sp³-hybridized carbons (Fsp3) is 0.333. The van der Waals surface area contributed by atoms with Crippen LogP contribution in [0.1, 0.15) is 41.6 Å². The molecule has 7 nitrogen and oxygen atoms in total. The molecular weight excluding hydrogens is 451 g/mol. The molecule has 2 aliphatic rings. The summed E-state index contributed by atoms with van der Waals surface area (Å²) in [5, 5.41) is 4.97. The Labute approximate surface area is 193 Å². The Balaban J connectivity index is 1.40. The normalized spacial score (nSPS) is 20.1. The van der Waals surface area contributed by atoms with E-state index in [4.69, 9.17) is 0 Å². The molecule has 1 aliphatic carbocycles. The Morgan fingerprint density at radius 2 is 1.47 bits per heavy atom. The summed E-state index contributed by atoms with van der Waals surface area (Å²) in [5.74, 6) is -2.59. The van der Waals surface area contributed by atoms with Gasteiger partial charge < -0.3 is 10.6 Å². The molecule has 4 rings (SSSR count). The highest BCUT2D eigenvalue weighted by Crippen LogP contribution is 2.38. The van der Waals surface area contributed by atoms with Crippen LogP contribution in [0.4, 0.5) is 24.5 Å². The van der Waals surface area contributed by atoms with Gasteiger partial charge in [0.25, 0.3) is 5.91 Å². The first-order valence-corrected chi connectivity index (χ1v) is 10.9. The van der Waals surface area contributed by atoms with Gasteiger partial charge in [-0.25, -0.2) is 0 Å². The molecular formula is C24H22F3N3O4. The monoisotopic (exact) mass is 473 g/mol. The number of rotatable bonds is 5. The highest BCUT2D eigenvalue weighted by molar-refractivity contribution is 6.09. The van der Waals surface area contributed by atoms with Gasteiger partial charge in [0, 0.05) is 16.9 Å². The van der Waals surface area contributed by atoms with E-state index in [-0.39, 0.29) is 40.6 Å². The van der Waals surface area contributed by atoms with Gasteiger partial charge in [0.1, 0.15) is 6.54 Å². The fourth-order valence-corrected chi connectivity index (χ4v) is 4.45. The van der Waals surface area contributed by atoms with Crippen molar-refractivity contribution in [1.82, 2.24) is 4.90 Å². The van der Waals surface area contributed by atoms with Crippen LogP contribution in [0.2, 0.25) is 0 Å². The maximum absolute atomic E-state index is 12.9. The topological polar surface area (TPSA) is 95.6 Å². The Kier molecular flexibility index (Phi) is 6.41. The second-order valence-corrected chi connectivity index (χ2v) is 8.42. The van der Waals surface area contributed by atoms with Crippen LogP contribution in [0, 0.1) is 11.8 Å². The van der Waals surface area contributed by atoms with E-state index in [0.717, 1.165) is 29.9 Å². The summed E-state index contributed by atoms with van der Waals surface area (Å²) in [5.41, 5.74) is -0.563. The number of amides is 4. The van der Waals surface area contributed by atoms with Gasteiger partial charge in [-0.2, -0.15) is 13.2 Å². The van der Waals surface area contributed by atoms with Crippen molar-refractivity contribution < 1.29 is 32.3 Å². The minimum atomic E-state index is -4.54. The minimum absolute atomic E-state index is 0.0261. The molecule has 10 heteroatoms. The molecule has 2 N–H and O–H groups in total. The summed E-state index contributed by atoms with van der Waals surface area (Å²) in [7, 11) is 0. The molecule has 0 radical (unpaired) electrons. The van der Waals surface area contributed by atoms with Gasteiger partial charge in [-0.05, 0) is 49.2 Å². The average Bonchev–Trinajstić information content (AvgIpc) is 3.04. The molecule has 1 heterocycles. The number of imide groups is 1. The molecule has 178 valence electrons. The average molecular weight is 473 g/mol. The number of nitrogens with zero attached hydrogens (tertiary/aromatic N) is 1. The Bertz CT molecular complexity index is 1120. The van der Waals surface area contributed by atoms with Crippen LogP contribution in [-0.4, -0.2) is 35.1 Å². The molecule has 2 aromatic carbocycles. The first-order valence-electron chi connectivity index (χ1n) is 10.9. The fourth-order valence-electron chi connectivity index (χ4n) is 4.45. The van der Waals surface area contributed by atoms with Crippen molar-refractivity contribution in [3.8, 4) is 0 Å². The van der Waals surface area contributed by atoms with Gasteiger partial charge in [0.15, 0.2) is 0 Å². The molecule has 2 atom stereocenters. The lowest BCUT2D eigenvalue weighted by Gasteiger charge is -2.19. The van der Waals surface area contributed by atoms with Crippen LogP contribution in [0.25, 0.3) is 0 Å². The quantitative estimate of drug-likeness (QED) is 0.640. The number of halogens is 3. The smallest absolute Gasteiger partial charge is 0.325 e. The third kappa shape index (κ3) is 4.95. The summed E-state index contributed by atoms with van der Waals surface area (Å²) in [4.78, 5) is 51.1. The number of hydrogen-bond acceptors (Lipinski definition) is 4. The lowest BCUT2D eigenvalue weighted by Crippen LogP contribution is -2.38. The summed E-state index contributed by atoms with van der Waals surface area (Å²) >= 11 is 0. The van der Waals surface area contributed by atoms with Gasteiger partial charge in [0.2, 0.25) is 17.7 Å². The zero-order valence-corrected chi connectivity index (χ0v) is 18.0. The van der Waals surface area contributed by atoms with Gasteiger partial charge in [-0.15, -0.1) is 0 Å². The molecule has 1 aliphatic heterocycles. The summed E-state index contributed by atoms with van der Waals surface area (Å²) in [6.45, 7) is -0.411. The largest absolute Gasteiger partial charge is 0.416 e. The van der Waals surface area contributed by atoms with Crippen molar-refractivity contribution in [1.29, 1.82) is 0 Å². The highest BCUT2D eigenvalue weighted by Gasteiger charge is 2.48. The molecule has 1 saturated heterocycles. The molecule has 0 aromatic heterocycles. The van der Waals surface area contributed by atoms with Crippen LogP contribution in [0.5, 0.6) is 0 Å². The van der Waals surface area contributed by atoms with Crippen molar-refractivity contribution in [2.24, 2.45) is 11.8 Å². The maximum Gasteiger partial charge on any atom is 0.416 e. The van der Waals surface area contributed by atoms with E-state index >= 15 is 0 Å². The van der Waals surface area contributed by atoms with Crippen LogP contribution < -0.4 is 10.6 Å². The van der Waals surface area contributed by atoms with Gasteiger partial charge >= 0.3 is 6.18 Å². The number of fused-ring (bicyclic) bond motifs is 1. The molecule has 2 fully saturated rings. The Morgan fingerprint density at radius 1 is 0.882 bits per heavy atom. The lowest BCUT2D eigenvalue weighted by atomic mass is 9.81. The molecule has 34 heavy (non-hydrogen) atoms. The van der Waals surface area contributed by atoms with Crippen molar-refractivity contribution >= 4 is 35.0 Å². The standard InChI is InChI=1S/C24H22F3N3O4/c25-24(26,27)15-6-4-8-17(12-15)29-21(32)14-5-3-7-16(11-14)28-20(31)13-30-22(33)18-9-1-2-10-19(18)23(30)34/h3-8,11-12,18-19H,1-2,9-10,13H2,(H,28,31)(H,29,32).